The fourth-order valence-corrected chi connectivity index (χ4v) is 0.175. The van der Waals surface area contributed by atoms with E-state index < -0.39 is 0 Å². The third-order valence-electron chi connectivity index (χ3n) is 0.365. The molecule has 0 aliphatic heterocycles. The Balaban J connectivity index is 3.41. The Labute approximate surface area is 32.9 Å². The maximum atomic E-state index is 9.78. The highest BCUT2D eigenvalue weighted by molar-refractivity contribution is 4.35. The molecule has 1 aromatic rings. The van der Waals surface area contributed by atoms with E-state index in [4.69, 9.17) is 0 Å². The number of aromatic amines is 1. The molecule has 0 fully saturated rings. The molecule has 0 bridgehead atoms. The van der Waals surface area contributed by atoms with Crippen LogP contribution >= 0.6 is 0 Å². The van der Waals surface area contributed by atoms with Gasteiger partial charge in [0.1, 0.15) is 0 Å². The van der Waals surface area contributed by atoms with Gasteiger partial charge in [-0.15, -0.1) is 0 Å². The van der Waals surface area contributed by atoms with E-state index in [1.165, 1.54) is 0 Å². The Morgan fingerprint density at radius 3 is 3.00 bits per heavy atom. The molecule has 4 heteroatoms. The average Bonchev–Trinajstić information content (AvgIpc) is 1.86. The lowest BCUT2D eigenvalue weighted by molar-refractivity contribution is -0.581. The first-order chi connectivity index (χ1) is 2.89. The van der Waals surface area contributed by atoms with Crippen LogP contribution in [0.5, 0.6) is 0 Å². The van der Waals surface area contributed by atoms with Crippen molar-refractivity contribution in [2.24, 2.45) is 0 Å². The van der Waals surface area contributed by atoms with E-state index in [0.29, 0.717) is 4.54 Å². The molecule has 1 rings (SSSR count). The van der Waals surface area contributed by atoms with Gasteiger partial charge in [0.25, 0.3) is 0 Å². The lowest BCUT2D eigenvalue weighted by Gasteiger charge is -1.51. The number of hydrogen-bond acceptors (Lipinski definition) is 2. The highest BCUT2D eigenvalue weighted by Gasteiger charge is 1.65. The van der Waals surface area contributed by atoms with Gasteiger partial charge in [0.15, 0.2) is 0 Å². The average molecular weight is 86.0 g/mol. The lowest BCUT2D eigenvalue weighted by Crippen LogP contribution is -2.11. The molecule has 1 aromatic heterocycles. The summed E-state index contributed by atoms with van der Waals surface area (Å²) in [6.07, 6.45) is 3.27. The molecule has 0 atom stereocenters. The predicted octanol–water partition coefficient (Wildman–Crippen LogP) is -0.678. The second-order valence-electron chi connectivity index (χ2n) is 0.750. The monoisotopic (exact) mass is 86.0 g/mol. The molecular weight excluding hydrogens is 84.0 g/mol. The highest BCUT2D eigenvalue weighted by atomic mass is 16.5. The molecule has 0 amide bonds. The van der Waals surface area contributed by atoms with E-state index in [9.17, 15) is 4.91 Å². The van der Waals surface area contributed by atoms with Gasteiger partial charge in [-0.25, -0.2) is 0 Å². The first-order valence-electron chi connectivity index (χ1n) is 1.36. The maximum Gasteiger partial charge on any atom is 0.0205 e. The molecule has 0 aliphatic rings. The zero-order valence-electron chi connectivity index (χ0n) is 2.84. The van der Waals surface area contributed by atoms with Crippen molar-refractivity contribution in [1.29, 1.82) is 0 Å². The van der Waals surface area contributed by atoms with Gasteiger partial charge < -0.3 is 4.52 Å². The van der Waals surface area contributed by atoms with Crippen molar-refractivity contribution in [3.05, 3.63) is 17.4 Å². The van der Waals surface area contributed by atoms with Crippen LogP contribution in [0, 0.1) is 11.1 Å². The molecule has 0 saturated heterocycles. The number of hydrogen-bond donors (Lipinski definition) is 1. The molecule has 0 saturated carbocycles. The molecule has 0 unspecified atom stereocenters. The molecule has 1 heterocycles. The minimum absolute atomic E-state index is 0.333. The summed E-state index contributed by atoms with van der Waals surface area (Å²) >= 11 is 0. The molecule has 0 aliphatic carbocycles. The van der Waals surface area contributed by atoms with Gasteiger partial charge in [0.05, 0.1) is 0 Å². The summed E-state index contributed by atoms with van der Waals surface area (Å²) in [6.45, 7) is 0. The Hall–Kier alpha value is -1.06. The standard InChI is InChI=1S/C2H2N2O2/c5-4-1-2-6-3-4/h2-3H. The summed E-state index contributed by atoms with van der Waals surface area (Å²) in [6, 6.07) is 0. The van der Waals surface area contributed by atoms with Crippen molar-refractivity contribution < 1.29 is 9.06 Å². The van der Waals surface area contributed by atoms with Gasteiger partial charge in [0.2, 0.25) is 0 Å². The SMILES string of the molecule is O=[n+]1[c-]co[nH]1. The van der Waals surface area contributed by atoms with E-state index in [1.54, 1.807) is 0 Å². The van der Waals surface area contributed by atoms with Crippen LogP contribution in [0.15, 0.2) is 10.8 Å². The third-order valence-corrected chi connectivity index (χ3v) is 0.365. The van der Waals surface area contributed by atoms with Crippen LogP contribution in [-0.4, -0.2) is 5.27 Å². The van der Waals surface area contributed by atoms with Crippen LogP contribution in [0.4, 0.5) is 0 Å². The third kappa shape index (κ3) is 0.314. The molecule has 0 radical (unpaired) electrons. The first kappa shape index (κ1) is 3.14. The number of aromatic nitrogens is 2. The number of nitrogens with one attached hydrogen (secondary N) is 1. The van der Waals surface area contributed by atoms with Crippen molar-refractivity contribution in [2.45, 2.75) is 0 Å². The van der Waals surface area contributed by atoms with E-state index in [-0.39, 0.29) is 0 Å². The number of nitrogens with zero attached hydrogens (tertiary/aromatic N) is 1. The second kappa shape index (κ2) is 0.965. The van der Waals surface area contributed by atoms with Gasteiger partial charge >= 0.3 is 0 Å². The van der Waals surface area contributed by atoms with E-state index in [1.807, 2.05) is 5.27 Å². The van der Waals surface area contributed by atoms with Gasteiger partial charge in [-0.05, 0) is 11.5 Å². The van der Waals surface area contributed by atoms with Crippen LogP contribution in [0.25, 0.3) is 0 Å². The van der Waals surface area contributed by atoms with Gasteiger partial charge in [-0.3, -0.25) is 0 Å². The van der Waals surface area contributed by atoms with Gasteiger partial charge in [-0.1, -0.05) is 0 Å². The van der Waals surface area contributed by atoms with Crippen LogP contribution in [-0.2, 0) is 0 Å². The van der Waals surface area contributed by atoms with E-state index >= 15 is 0 Å². The summed E-state index contributed by atoms with van der Waals surface area (Å²) in [4.78, 5) is 9.78. The van der Waals surface area contributed by atoms with E-state index in [2.05, 4.69) is 10.7 Å². The van der Waals surface area contributed by atoms with E-state index in [0.717, 1.165) is 6.26 Å². The number of H-pyrrole nitrogens is 1. The molecular formula is C2H2N2O2. The lowest BCUT2D eigenvalue weighted by atomic mass is 11.0. The minimum atomic E-state index is 0.333. The van der Waals surface area contributed by atoms with Crippen molar-refractivity contribution >= 4 is 0 Å². The first-order valence-corrected chi connectivity index (χ1v) is 1.36. The van der Waals surface area contributed by atoms with Crippen LogP contribution in [0.1, 0.15) is 0 Å². The normalized spacial score (nSPS) is 8.67. The molecule has 6 heavy (non-hydrogen) atoms. The quantitative estimate of drug-likeness (QED) is 0.336. The van der Waals surface area contributed by atoms with Gasteiger partial charge in [0, 0.05) is 15.7 Å². The summed E-state index contributed by atoms with van der Waals surface area (Å²) in [5.41, 5.74) is 0. The zero-order valence-corrected chi connectivity index (χ0v) is 2.84. The van der Waals surface area contributed by atoms with Crippen molar-refractivity contribution in [3.8, 4) is 0 Å². The van der Waals surface area contributed by atoms with Gasteiger partial charge in [-0.2, -0.15) is 0 Å². The molecule has 1 N–H and O–H groups in total. The van der Waals surface area contributed by atoms with Crippen molar-refractivity contribution in [3.63, 3.8) is 0 Å². The molecule has 32 valence electrons. The number of rotatable bonds is 0. The molecule has 0 spiro atoms. The summed E-state index contributed by atoms with van der Waals surface area (Å²) in [7, 11) is 0. The topological polar surface area (TPSA) is 51.9 Å². The fraction of sp³-hybridized carbons (Fsp3) is 0. The molecule has 4 nitrogen and oxygen atoms in total. The summed E-state index contributed by atoms with van der Waals surface area (Å²) < 4.78 is 4.52. The Kier molecular flexibility index (Phi) is 0.506. The zero-order chi connectivity index (χ0) is 4.41. The smallest absolute Gasteiger partial charge is 0.0205 e. The molecule has 0 aromatic carbocycles. The van der Waals surface area contributed by atoms with Crippen LogP contribution in [0.2, 0.25) is 0 Å². The second-order valence-corrected chi connectivity index (χ2v) is 0.750. The Morgan fingerprint density at radius 1 is 2.00 bits per heavy atom. The Bertz CT molecular complexity index is 147. The van der Waals surface area contributed by atoms with Crippen molar-refractivity contribution in [1.82, 2.24) is 5.27 Å². The minimum Gasteiger partial charge on any atom is -0.374 e. The van der Waals surface area contributed by atoms with Crippen LogP contribution in [0.3, 0.4) is 0 Å². The highest BCUT2D eigenvalue weighted by Crippen LogP contribution is 1.58. The van der Waals surface area contributed by atoms with Crippen LogP contribution < -0.4 is 4.54 Å². The maximum absolute atomic E-state index is 9.78. The summed E-state index contributed by atoms with van der Waals surface area (Å²) in [5.74, 6) is 0. The summed E-state index contributed by atoms with van der Waals surface area (Å²) in [5, 5.41) is 1.93. The predicted molar refractivity (Wildman–Crippen MR) is 15.3 cm³/mol. The largest absolute Gasteiger partial charge is 0.374 e. The Morgan fingerprint density at radius 2 is 2.83 bits per heavy atom. The fourth-order valence-electron chi connectivity index (χ4n) is 0.175. The van der Waals surface area contributed by atoms with Crippen molar-refractivity contribution in [2.75, 3.05) is 0 Å².